The first-order chi connectivity index (χ1) is 15.2. The first-order valence-electron chi connectivity index (χ1n) is 10.1. The summed E-state index contributed by atoms with van der Waals surface area (Å²) < 4.78 is 66.6. The fourth-order valence-electron chi connectivity index (χ4n) is 3.13. The van der Waals surface area contributed by atoms with E-state index in [1.54, 1.807) is 13.2 Å². The first kappa shape index (κ1) is 26.1. The second kappa shape index (κ2) is 12.2. The molecule has 0 saturated heterocycles. The number of nitrogens with two attached hydrogens (primary N) is 1. The number of aryl methyl sites for hydroxylation is 2. The van der Waals surface area contributed by atoms with Crippen molar-refractivity contribution in [3.05, 3.63) is 59.2 Å². The van der Waals surface area contributed by atoms with Crippen molar-refractivity contribution in [2.24, 2.45) is 5.73 Å². The van der Waals surface area contributed by atoms with Crippen molar-refractivity contribution < 1.29 is 36.8 Å². The van der Waals surface area contributed by atoms with Crippen LogP contribution in [0.5, 0.6) is 11.5 Å². The fourth-order valence-corrected chi connectivity index (χ4v) is 3.48. The van der Waals surface area contributed by atoms with E-state index >= 15 is 0 Å². The highest BCUT2D eigenvalue weighted by molar-refractivity contribution is 7.17. The standard InChI is InChI=1S/C22H28F3NO5P/c1-29-18-6-2-4-16(12-18)5-3-11-30-20-8-7-17(13-19(20)22(23,24)25)9-10-21(26,14-27)15-31-32-28/h2,4,6-8,12-13,27,32H,3,5,9-11,14-15,26H2,1H3/q+1. The third-order valence-corrected chi connectivity index (χ3v) is 5.26. The number of ether oxygens (including phenoxy) is 2. The first-order valence-corrected chi connectivity index (χ1v) is 10.9. The van der Waals surface area contributed by atoms with E-state index in [9.17, 15) is 22.8 Å². The van der Waals surface area contributed by atoms with Gasteiger partial charge in [-0.05, 0) is 65.6 Å². The van der Waals surface area contributed by atoms with Crippen molar-refractivity contribution >= 4 is 8.69 Å². The molecule has 0 saturated carbocycles. The maximum absolute atomic E-state index is 13.6. The van der Waals surface area contributed by atoms with Crippen LogP contribution < -0.4 is 15.2 Å². The molecule has 0 aliphatic heterocycles. The molecule has 0 bridgehead atoms. The van der Waals surface area contributed by atoms with Gasteiger partial charge in [0, 0.05) is 0 Å². The SMILES string of the molecule is COc1cccc(CCCOc2ccc(CCC(N)(CO)CO[PH+]=O)cc2C(F)(F)F)c1. The molecule has 2 unspecified atom stereocenters. The summed E-state index contributed by atoms with van der Waals surface area (Å²) in [6.07, 6.45) is -3.06. The van der Waals surface area contributed by atoms with E-state index in [-0.39, 0.29) is 31.8 Å². The van der Waals surface area contributed by atoms with E-state index in [0.29, 0.717) is 18.4 Å². The van der Waals surface area contributed by atoms with Crippen molar-refractivity contribution in [2.45, 2.75) is 37.4 Å². The van der Waals surface area contributed by atoms with E-state index in [4.69, 9.17) is 19.7 Å². The molecule has 0 aliphatic carbocycles. The van der Waals surface area contributed by atoms with Crippen LogP contribution in [0.1, 0.15) is 29.5 Å². The zero-order valence-corrected chi connectivity index (χ0v) is 18.8. The Morgan fingerprint density at radius 2 is 1.84 bits per heavy atom. The Labute approximate surface area is 186 Å². The summed E-state index contributed by atoms with van der Waals surface area (Å²) in [6, 6.07) is 11.4. The third kappa shape index (κ3) is 8.06. The van der Waals surface area contributed by atoms with Crippen LogP contribution in [0.15, 0.2) is 42.5 Å². The summed E-state index contributed by atoms with van der Waals surface area (Å²) in [4.78, 5) is 0. The second-order valence-corrected chi connectivity index (χ2v) is 7.98. The normalized spacial score (nSPS) is 13.7. The number of aliphatic hydroxyl groups excluding tert-OH is 1. The van der Waals surface area contributed by atoms with Gasteiger partial charge >= 0.3 is 14.9 Å². The molecule has 2 rings (SSSR count). The third-order valence-electron chi connectivity index (χ3n) is 5.00. The number of aliphatic hydroxyl groups is 1. The van der Waals surface area contributed by atoms with E-state index in [1.165, 1.54) is 6.07 Å². The number of hydrogen-bond acceptors (Lipinski definition) is 6. The van der Waals surface area contributed by atoms with Gasteiger partial charge in [-0.1, -0.05) is 18.2 Å². The van der Waals surface area contributed by atoms with Gasteiger partial charge in [-0.2, -0.15) is 13.2 Å². The Morgan fingerprint density at radius 1 is 1.09 bits per heavy atom. The number of hydrogen-bond donors (Lipinski definition) is 2. The molecule has 10 heteroatoms. The quantitative estimate of drug-likeness (QED) is 0.332. The van der Waals surface area contributed by atoms with E-state index in [1.807, 2.05) is 24.3 Å². The zero-order chi connectivity index (χ0) is 23.6. The van der Waals surface area contributed by atoms with E-state index in [0.717, 1.165) is 17.4 Å². The van der Waals surface area contributed by atoms with Gasteiger partial charge < -0.3 is 20.3 Å². The summed E-state index contributed by atoms with van der Waals surface area (Å²) >= 11 is 0. The lowest BCUT2D eigenvalue weighted by atomic mass is 9.93. The maximum Gasteiger partial charge on any atom is 0.494 e. The molecule has 6 nitrogen and oxygen atoms in total. The Bertz CT molecular complexity index is 881. The Balaban J connectivity index is 2.01. The van der Waals surface area contributed by atoms with Crippen molar-refractivity contribution in [1.29, 1.82) is 0 Å². The van der Waals surface area contributed by atoms with Crippen LogP contribution in [0.4, 0.5) is 13.2 Å². The highest BCUT2D eigenvalue weighted by Crippen LogP contribution is 2.37. The molecule has 0 fully saturated rings. The molecular formula is C22H28F3NO5P+. The average Bonchev–Trinajstić information content (AvgIpc) is 2.79. The number of methoxy groups -OCH3 is 1. The smallest absolute Gasteiger partial charge is 0.494 e. The topological polar surface area (TPSA) is 91.0 Å². The van der Waals surface area contributed by atoms with Crippen molar-refractivity contribution in [2.75, 3.05) is 26.9 Å². The molecule has 0 aromatic heterocycles. The largest absolute Gasteiger partial charge is 0.497 e. The predicted molar refractivity (Wildman–Crippen MR) is 116 cm³/mol. The fraction of sp³-hybridized carbons (Fsp3) is 0.455. The molecule has 0 spiro atoms. The van der Waals surface area contributed by atoms with Gasteiger partial charge in [-0.25, -0.2) is 0 Å². The van der Waals surface area contributed by atoms with E-state index in [2.05, 4.69) is 0 Å². The molecule has 32 heavy (non-hydrogen) atoms. The molecule has 0 radical (unpaired) electrons. The van der Waals surface area contributed by atoms with Gasteiger partial charge in [0.1, 0.15) is 18.1 Å². The van der Waals surface area contributed by atoms with Crippen molar-refractivity contribution in [3.8, 4) is 11.5 Å². The molecule has 2 aromatic rings. The molecule has 0 amide bonds. The number of alkyl halides is 3. The lowest BCUT2D eigenvalue weighted by Gasteiger charge is -2.24. The average molecular weight is 474 g/mol. The maximum atomic E-state index is 13.6. The summed E-state index contributed by atoms with van der Waals surface area (Å²) in [7, 11) is 0.542. The Hall–Kier alpha value is -2.19. The Kier molecular flexibility index (Phi) is 9.90. The highest BCUT2D eigenvalue weighted by Gasteiger charge is 2.35. The van der Waals surface area contributed by atoms with Gasteiger partial charge in [-0.3, -0.25) is 0 Å². The summed E-state index contributed by atoms with van der Waals surface area (Å²) in [5, 5.41) is 9.44. The van der Waals surface area contributed by atoms with Gasteiger partial charge in [0.2, 0.25) is 0 Å². The molecule has 176 valence electrons. The van der Waals surface area contributed by atoms with E-state index < -0.39 is 32.6 Å². The van der Waals surface area contributed by atoms with Crippen molar-refractivity contribution in [1.82, 2.24) is 0 Å². The van der Waals surface area contributed by atoms with Crippen LogP contribution in [0, 0.1) is 0 Å². The second-order valence-electron chi connectivity index (χ2n) is 7.52. The minimum Gasteiger partial charge on any atom is -0.497 e. The van der Waals surface area contributed by atoms with Gasteiger partial charge in [0.15, 0.2) is 0 Å². The minimum atomic E-state index is -4.58. The lowest BCUT2D eigenvalue weighted by molar-refractivity contribution is -0.139. The monoisotopic (exact) mass is 474 g/mol. The minimum absolute atomic E-state index is 0.128. The molecular weight excluding hydrogens is 446 g/mol. The lowest BCUT2D eigenvalue weighted by Crippen LogP contribution is -2.47. The van der Waals surface area contributed by atoms with Gasteiger partial charge in [0.25, 0.3) is 0 Å². The van der Waals surface area contributed by atoms with Crippen LogP contribution in [-0.2, 0) is 28.1 Å². The zero-order valence-electron chi connectivity index (χ0n) is 17.8. The molecule has 2 atom stereocenters. The summed E-state index contributed by atoms with van der Waals surface area (Å²) in [5.41, 5.74) is 5.32. The summed E-state index contributed by atoms with van der Waals surface area (Å²) in [6.45, 7) is -0.479. The molecule has 3 N–H and O–H groups in total. The number of benzene rings is 2. The molecule has 0 aliphatic rings. The van der Waals surface area contributed by atoms with Gasteiger partial charge in [-0.15, -0.1) is 4.52 Å². The Morgan fingerprint density at radius 3 is 2.50 bits per heavy atom. The number of halogens is 3. The van der Waals surface area contributed by atoms with Gasteiger partial charge in [0.05, 0.1) is 31.4 Å². The van der Waals surface area contributed by atoms with Crippen LogP contribution in [0.2, 0.25) is 0 Å². The van der Waals surface area contributed by atoms with Crippen LogP contribution in [0.25, 0.3) is 0 Å². The van der Waals surface area contributed by atoms with Crippen LogP contribution in [-0.4, -0.2) is 37.6 Å². The molecule has 0 heterocycles. The van der Waals surface area contributed by atoms with Crippen molar-refractivity contribution in [3.63, 3.8) is 0 Å². The van der Waals surface area contributed by atoms with Crippen LogP contribution >= 0.6 is 8.69 Å². The predicted octanol–water partition coefficient (Wildman–Crippen LogP) is 4.30. The van der Waals surface area contributed by atoms with Crippen LogP contribution in [0.3, 0.4) is 0 Å². The highest BCUT2D eigenvalue weighted by atomic mass is 31.1. The molecule has 2 aromatic carbocycles. The number of rotatable bonds is 13. The summed E-state index contributed by atoms with van der Waals surface area (Å²) in [5.74, 6) is 0.491.